The van der Waals surface area contributed by atoms with Gasteiger partial charge in [-0.15, -0.1) is 0 Å². The number of ether oxygens (including phenoxy) is 1. The smallest absolute Gasteiger partial charge is 0.257 e. The van der Waals surface area contributed by atoms with Crippen molar-refractivity contribution in [2.75, 3.05) is 6.61 Å². The van der Waals surface area contributed by atoms with Crippen LogP contribution in [-0.2, 0) is 4.74 Å². The number of H-pyrrole nitrogens is 1. The van der Waals surface area contributed by atoms with E-state index in [-0.39, 0.29) is 28.5 Å². The maximum atomic E-state index is 11.6. The Balaban J connectivity index is 3.25. The van der Waals surface area contributed by atoms with Crippen molar-refractivity contribution in [3.05, 3.63) is 21.7 Å². The number of hydrogen-bond acceptors (Lipinski definition) is 4. The van der Waals surface area contributed by atoms with Crippen LogP contribution in [0.2, 0.25) is 0 Å². The number of hydrogen-bond donors (Lipinski definition) is 2. The predicted molar refractivity (Wildman–Crippen MR) is 65.1 cm³/mol. The Morgan fingerprint density at radius 1 is 1.47 bits per heavy atom. The fourth-order valence-corrected chi connectivity index (χ4v) is 1.57. The molecule has 1 unspecified atom stereocenters. The fraction of sp³-hybridized carbons (Fsp3) is 0.667. The molecule has 0 fully saturated rings. The van der Waals surface area contributed by atoms with Gasteiger partial charge in [0.1, 0.15) is 11.9 Å². The van der Waals surface area contributed by atoms with Crippen LogP contribution >= 0.6 is 0 Å². The second kappa shape index (κ2) is 4.87. The van der Waals surface area contributed by atoms with Gasteiger partial charge in [0.05, 0.1) is 5.56 Å². The second-order valence-corrected chi connectivity index (χ2v) is 5.10. The normalized spacial score (nSPS) is 13.7. The van der Waals surface area contributed by atoms with Gasteiger partial charge in [0.2, 0.25) is 5.88 Å². The van der Waals surface area contributed by atoms with Gasteiger partial charge in [-0.3, -0.25) is 4.79 Å². The highest BCUT2D eigenvalue weighted by atomic mass is 16.5. The lowest BCUT2D eigenvalue weighted by atomic mass is 9.88. The summed E-state index contributed by atoms with van der Waals surface area (Å²) < 4.78 is 5.60. The summed E-state index contributed by atoms with van der Waals surface area (Å²) in [7, 11) is 0. The molecule has 0 spiro atoms. The first kappa shape index (κ1) is 13.7. The summed E-state index contributed by atoms with van der Waals surface area (Å²) in [5, 5.41) is 9.58. The molecule has 0 aliphatic heterocycles. The van der Waals surface area contributed by atoms with E-state index in [0.717, 1.165) is 0 Å². The van der Waals surface area contributed by atoms with Crippen LogP contribution in [0.3, 0.4) is 0 Å². The minimum atomic E-state index is -0.355. The molecular formula is C12H20N2O3. The van der Waals surface area contributed by atoms with Crippen LogP contribution in [0.15, 0.2) is 4.79 Å². The topological polar surface area (TPSA) is 75.2 Å². The van der Waals surface area contributed by atoms with Crippen LogP contribution in [0.25, 0.3) is 0 Å². The van der Waals surface area contributed by atoms with Gasteiger partial charge in [-0.2, -0.15) is 4.98 Å². The SMILES string of the molecule is CCOC(c1nc(O)c(C)c(=O)[nH]1)C(C)(C)C. The number of nitrogens with zero attached hydrogens (tertiary/aromatic N) is 1. The van der Waals surface area contributed by atoms with Gasteiger partial charge in [-0.1, -0.05) is 20.8 Å². The molecule has 0 saturated carbocycles. The van der Waals surface area contributed by atoms with Gasteiger partial charge in [0.25, 0.3) is 5.56 Å². The van der Waals surface area contributed by atoms with Gasteiger partial charge in [-0.05, 0) is 19.3 Å². The lowest BCUT2D eigenvalue weighted by molar-refractivity contribution is -0.0196. The summed E-state index contributed by atoms with van der Waals surface area (Å²) in [5.41, 5.74) is -0.326. The molecule has 96 valence electrons. The summed E-state index contributed by atoms with van der Waals surface area (Å²) in [4.78, 5) is 18.2. The van der Waals surface area contributed by atoms with E-state index >= 15 is 0 Å². The Labute approximate surface area is 101 Å². The molecule has 0 bridgehead atoms. The van der Waals surface area contributed by atoms with E-state index in [9.17, 15) is 9.90 Å². The maximum Gasteiger partial charge on any atom is 0.257 e. The largest absolute Gasteiger partial charge is 0.493 e. The molecule has 0 saturated heterocycles. The van der Waals surface area contributed by atoms with E-state index in [2.05, 4.69) is 9.97 Å². The van der Waals surface area contributed by atoms with Crippen LogP contribution in [0.4, 0.5) is 0 Å². The van der Waals surface area contributed by atoms with Gasteiger partial charge >= 0.3 is 0 Å². The lowest BCUT2D eigenvalue weighted by Gasteiger charge is -2.29. The Kier molecular flexibility index (Phi) is 3.93. The molecule has 0 aliphatic rings. The third-order valence-corrected chi connectivity index (χ3v) is 2.51. The minimum absolute atomic E-state index is 0.215. The maximum absolute atomic E-state index is 11.6. The van der Waals surface area contributed by atoms with E-state index in [1.54, 1.807) is 0 Å². The van der Waals surface area contributed by atoms with Crippen molar-refractivity contribution >= 4 is 0 Å². The van der Waals surface area contributed by atoms with E-state index < -0.39 is 0 Å². The number of aromatic amines is 1. The molecule has 5 nitrogen and oxygen atoms in total. The second-order valence-electron chi connectivity index (χ2n) is 5.10. The number of aromatic nitrogens is 2. The van der Waals surface area contributed by atoms with Crippen LogP contribution in [0.1, 0.15) is 45.2 Å². The number of aromatic hydroxyl groups is 1. The average molecular weight is 240 g/mol. The quantitative estimate of drug-likeness (QED) is 0.846. The first-order chi connectivity index (χ1) is 7.77. The third kappa shape index (κ3) is 3.06. The van der Waals surface area contributed by atoms with Gasteiger partial charge in [-0.25, -0.2) is 0 Å². The molecule has 1 aromatic rings. The Morgan fingerprint density at radius 2 is 2.06 bits per heavy atom. The number of rotatable bonds is 3. The molecule has 1 heterocycles. The average Bonchev–Trinajstić information content (AvgIpc) is 2.20. The molecule has 1 rings (SSSR count). The first-order valence-electron chi connectivity index (χ1n) is 5.68. The van der Waals surface area contributed by atoms with Crippen LogP contribution < -0.4 is 5.56 Å². The van der Waals surface area contributed by atoms with Crippen LogP contribution in [-0.4, -0.2) is 21.7 Å². The summed E-state index contributed by atoms with van der Waals surface area (Å²) >= 11 is 0. The molecule has 0 amide bonds. The van der Waals surface area contributed by atoms with Crippen molar-refractivity contribution in [1.82, 2.24) is 9.97 Å². The van der Waals surface area contributed by atoms with Gasteiger partial charge < -0.3 is 14.8 Å². The Hall–Kier alpha value is -1.36. The van der Waals surface area contributed by atoms with E-state index in [1.807, 2.05) is 27.7 Å². The molecule has 0 aliphatic carbocycles. The molecule has 0 aromatic carbocycles. The molecule has 17 heavy (non-hydrogen) atoms. The van der Waals surface area contributed by atoms with Gasteiger partial charge in [0.15, 0.2) is 0 Å². The monoisotopic (exact) mass is 240 g/mol. The zero-order valence-electron chi connectivity index (χ0n) is 11.0. The molecule has 2 N–H and O–H groups in total. The lowest BCUT2D eigenvalue weighted by Crippen LogP contribution is -2.26. The highest BCUT2D eigenvalue weighted by Crippen LogP contribution is 2.34. The van der Waals surface area contributed by atoms with E-state index in [0.29, 0.717) is 12.4 Å². The molecular weight excluding hydrogens is 220 g/mol. The van der Waals surface area contributed by atoms with E-state index in [4.69, 9.17) is 4.74 Å². The fourth-order valence-electron chi connectivity index (χ4n) is 1.57. The summed E-state index contributed by atoms with van der Waals surface area (Å²) in [6.07, 6.45) is -0.355. The Bertz CT molecular complexity index is 446. The van der Waals surface area contributed by atoms with E-state index in [1.165, 1.54) is 6.92 Å². The highest BCUT2D eigenvalue weighted by molar-refractivity contribution is 5.21. The molecule has 1 aromatic heterocycles. The van der Waals surface area contributed by atoms with Crippen LogP contribution in [0.5, 0.6) is 5.88 Å². The van der Waals surface area contributed by atoms with Crippen molar-refractivity contribution in [2.24, 2.45) is 5.41 Å². The third-order valence-electron chi connectivity index (χ3n) is 2.51. The van der Waals surface area contributed by atoms with Crippen molar-refractivity contribution in [2.45, 2.75) is 40.7 Å². The van der Waals surface area contributed by atoms with Crippen molar-refractivity contribution in [3.8, 4) is 5.88 Å². The van der Waals surface area contributed by atoms with Crippen LogP contribution in [0, 0.1) is 12.3 Å². The molecule has 0 radical (unpaired) electrons. The summed E-state index contributed by atoms with van der Waals surface area (Å²) in [6, 6.07) is 0. The zero-order chi connectivity index (χ0) is 13.2. The van der Waals surface area contributed by atoms with Gasteiger partial charge in [0, 0.05) is 6.61 Å². The molecule has 1 atom stereocenters. The highest BCUT2D eigenvalue weighted by Gasteiger charge is 2.29. The van der Waals surface area contributed by atoms with Crippen molar-refractivity contribution in [3.63, 3.8) is 0 Å². The number of nitrogens with one attached hydrogen (secondary N) is 1. The van der Waals surface area contributed by atoms with Crippen molar-refractivity contribution in [1.29, 1.82) is 0 Å². The summed E-state index contributed by atoms with van der Waals surface area (Å²) in [6.45, 7) is 9.89. The zero-order valence-corrected chi connectivity index (χ0v) is 11.0. The Morgan fingerprint density at radius 3 is 2.47 bits per heavy atom. The molecule has 5 heteroatoms. The minimum Gasteiger partial charge on any atom is -0.493 e. The standard InChI is InChI=1S/C12H20N2O3/c1-6-17-8(12(3,4)5)9-13-10(15)7(2)11(16)14-9/h8H,6H2,1-5H3,(H2,13,14,15,16). The first-order valence-corrected chi connectivity index (χ1v) is 5.68. The predicted octanol–water partition coefficient (Wildman–Crippen LogP) is 1.91. The summed E-state index contributed by atoms with van der Waals surface area (Å²) in [5.74, 6) is 0.130. The van der Waals surface area contributed by atoms with Crippen molar-refractivity contribution < 1.29 is 9.84 Å².